The van der Waals surface area contributed by atoms with E-state index in [4.69, 9.17) is 15.3 Å². The Kier molecular flexibility index (Phi) is 5.84. The second-order valence-electron chi connectivity index (χ2n) is 8.03. The lowest BCUT2D eigenvalue weighted by atomic mass is 10.1. The SMILES string of the molecule is Cc1nn(C(C)C)c(C)c1CN1CCC[C@@H]1c1cccc(Nc2ncc(C#N)s2)n1. The van der Waals surface area contributed by atoms with Crippen molar-refractivity contribution in [1.29, 1.82) is 5.26 Å². The van der Waals surface area contributed by atoms with Gasteiger partial charge in [-0.05, 0) is 59.2 Å². The lowest BCUT2D eigenvalue weighted by molar-refractivity contribution is 0.243. The highest BCUT2D eigenvalue weighted by atomic mass is 32.1. The van der Waals surface area contributed by atoms with Crippen molar-refractivity contribution in [3.63, 3.8) is 0 Å². The maximum Gasteiger partial charge on any atom is 0.189 e. The lowest BCUT2D eigenvalue weighted by Crippen LogP contribution is -2.24. The average Bonchev–Trinajstić information content (AvgIpc) is 3.44. The molecule has 0 aliphatic carbocycles. The predicted octanol–water partition coefficient (Wildman–Crippen LogP) is 4.88. The summed E-state index contributed by atoms with van der Waals surface area (Å²) in [6.07, 6.45) is 3.85. The molecule has 0 unspecified atom stereocenters. The van der Waals surface area contributed by atoms with Gasteiger partial charge in [-0.2, -0.15) is 10.4 Å². The van der Waals surface area contributed by atoms with Crippen molar-refractivity contribution >= 4 is 22.3 Å². The first-order chi connectivity index (χ1) is 14.5. The van der Waals surface area contributed by atoms with E-state index in [1.54, 1.807) is 6.20 Å². The van der Waals surface area contributed by atoms with Crippen LogP contribution in [-0.2, 0) is 6.54 Å². The number of aryl methyl sites for hydroxylation is 1. The molecule has 156 valence electrons. The van der Waals surface area contributed by atoms with Crippen LogP contribution in [0.4, 0.5) is 10.9 Å². The summed E-state index contributed by atoms with van der Waals surface area (Å²) in [4.78, 5) is 12.2. The number of hydrogen-bond acceptors (Lipinski definition) is 7. The first-order valence-corrected chi connectivity index (χ1v) is 11.2. The Morgan fingerprint density at radius 2 is 2.17 bits per heavy atom. The predicted molar refractivity (Wildman–Crippen MR) is 119 cm³/mol. The lowest BCUT2D eigenvalue weighted by Gasteiger charge is -2.24. The van der Waals surface area contributed by atoms with E-state index in [2.05, 4.69) is 59.7 Å². The van der Waals surface area contributed by atoms with Crippen LogP contribution in [-0.4, -0.2) is 31.2 Å². The molecule has 1 aliphatic heterocycles. The molecule has 3 aromatic rings. The number of pyridine rings is 1. The first-order valence-electron chi connectivity index (χ1n) is 10.3. The van der Waals surface area contributed by atoms with E-state index in [0.29, 0.717) is 22.1 Å². The zero-order valence-electron chi connectivity index (χ0n) is 17.9. The summed E-state index contributed by atoms with van der Waals surface area (Å²) in [5.74, 6) is 0.762. The van der Waals surface area contributed by atoms with Crippen LogP contribution < -0.4 is 5.32 Å². The Labute approximate surface area is 181 Å². The van der Waals surface area contributed by atoms with Gasteiger partial charge in [0.2, 0.25) is 0 Å². The molecule has 1 aliphatic rings. The van der Waals surface area contributed by atoms with Gasteiger partial charge in [0.15, 0.2) is 5.13 Å². The fourth-order valence-electron chi connectivity index (χ4n) is 4.18. The monoisotopic (exact) mass is 421 g/mol. The minimum absolute atomic E-state index is 0.291. The van der Waals surface area contributed by atoms with Crippen LogP contribution in [0.5, 0.6) is 0 Å². The van der Waals surface area contributed by atoms with Crippen molar-refractivity contribution in [2.24, 2.45) is 0 Å². The summed E-state index contributed by atoms with van der Waals surface area (Å²) >= 11 is 1.33. The highest BCUT2D eigenvalue weighted by Gasteiger charge is 2.29. The Balaban J connectivity index is 1.53. The molecule has 4 heterocycles. The van der Waals surface area contributed by atoms with E-state index in [1.807, 2.05) is 12.1 Å². The number of anilines is 2. The number of likely N-dealkylation sites (tertiary alicyclic amines) is 1. The highest BCUT2D eigenvalue weighted by molar-refractivity contribution is 7.16. The van der Waals surface area contributed by atoms with Gasteiger partial charge in [-0.15, -0.1) is 0 Å². The third-order valence-electron chi connectivity index (χ3n) is 5.65. The number of nitriles is 1. The topological polar surface area (TPSA) is 82.7 Å². The summed E-state index contributed by atoms with van der Waals surface area (Å²) < 4.78 is 2.13. The smallest absolute Gasteiger partial charge is 0.189 e. The van der Waals surface area contributed by atoms with Crippen molar-refractivity contribution in [3.05, 3.63) is 51.9 Å². The van der Waals surface area contributed by atoms with Gasteiger partial charge in [-0.3, -0.25) is 9.58 Å². The van der Waals surface area contributed by atoms with Crippen molar-refractivity contribution in [2.45, 2.75) is 59.2 Å². The van der Waals surface area contributed by atoms with Crippen LogP contribution in [0.25, 0.3) is 0 Å². The number of rotatable bonds is 6. The van der Waals surface area contributed by atoms with E-state index in [-0.39, 0.29) is 0 Å². The fourth-order valence-corrected chi connectivity index (χ4v) is 4.80. The molecule has 0 bridgehead atoms. The van der Waals surface area contributed by atoms with E-state index in [1.165, 1.54) is 29.0 Å². The largest absolute Gasteiger partial charge is 0.316 e. The molecule has 1 saturated heterocycles. The van der Waals surface area contributed by atoms with Crippen molar-refractivity contribution in [2.75, 3.05) is 11.9 Å². The maximum atomic E-state index is 8.99. The van der Waals surface area contributed by atoms with Gasteiger partial charge in [-0.25, -0.2) is 9.97 Å². The minimum atomic E-state index is 0.291. The van der Waals surface area contributed by atoms with Crippen LogP contribution in [0.2, 0.25) is 0 Å². The Morgan fingerprint density at radius 3 is 2.87 bits per heavy atom. The number of hydrogen-bond donors (Lipinski definition) is 1. The van der Waals surface area contributed by atoms with E-state index < -0.39 is 0 Å². The number of thiazole rings is 1. The summed E-state index contributed by atoms with van der Waals surface area (Å²) in [6.45, 7) is 10.6. The molecular weight excluding hydrogens is 394 g/mol. The van der Waals surface area contributed by atoms with Crippen LogP contribution in [0.3, 0.4) is 0 Å². The summed E-state index contributed by atoms with van der Waals surface area (Å²) in [6, 6.07) is 8.85. The molecular formula is C22H27N7S. The standard InChI is InChI=1S/C22H27N7S/c1-14(2)29-16(4)18(15(3)27-29)13-28-10-6-8-20(28)19-7-5-9-21(25-19)26-22-24-12-17(11-23)30-22/h5,7,9,12,14,20H,6,8,10,13H2,1-4H3,(H,24,25,26)/t20-/m1/s1. The third-order valence-corrected chi connectivity index (χ3v) is 6.47. The van der Waals surface area contributed by atoms with E-state index >= 15 is 0 Å². The number of aromatic nitrogens is 4. The van der Waals surface area contributed by atoms with Crippen LogP contribution in [0.1, 0.15) is 66.3 Å². The Bertz CT molecular complexity index is 1080. The molecule has 0 spiro atoms. The minimum Gasteiger partial charge on any atom is -0.316 e. The van der Waals surface area contributed by atoms with Gasteiger partial charge in [0.25, 0.3) is 0 Å². The zero-order chi connectivity index (χ0) is 21.3. The zero-order valence-corrected chi connectivity index (χ0v) is 18.7. The molecule has 3 aromatic heterocycles. The van der Waals surface area contributed by atoms with Gasteiger partial charge < -0.3 is 5.32 Å². The van der Waals surface area contributed by atoms with Gasteiger partial charge in [-0.1, -0.05) is 17.4 Å². The van der Waals surface area contributed by atoms with E-state index in [9.17, 15) is 0 Å². The first kappa shape index (κ1) is 20.5. The second kappa shape index (κ2) is 8.54. The highest BCUT2D eigenvalue weighted by Crippen LogP contribution is 2.34. The van der Waals surface area contributed by atoms with Gasteiger partial charge >= 0.3 is 0 Å². The molecule has 1 N–H and O–H groups in total. The third kappa shape index (κ3) is 4.09. The van der Waals surface area contributed by atoms with Crippen molar-refractivity contribution < 1.29 is 0 Å². The number of nitrogens with one attached hydrogen (secondary N) is 1. The van der Waals surface area contributed by atoms with Gasteiger partial charge in [0.1, 0.15) is 16.8 Å². The molecule has 4 rings (SSSR count). The average molecular weight is 422 g/mol. The summed E-state index contributed by atoms with van der Waals surface area (Å²) in [7, 11) is 0. The Hall–Kier alpha value is -2.76. The van der Waals surface area contributed by atoms with Gasteiger partial charge in [0.05, 0.1) is 23.6 Å². The molecule has 1 fully saturated rings. The van der Waals surface area contributed by atoms with E-state index in [0.717, 1.165) is 36.7 Å². The van der Waals surface area contributed by atoms with Gasteiger partial charge in [0, 0.05) is 23.8 Å². The fraction of sp³-hybridized carbons (Fsp3) is 0.455. The second-order valence-corrected chi connectivity index (χ2v) is 9.06. The van der Waals surface area contributed by atoms with Crippen molar-refractivity contribution in [1.82, 2.24) is 24.6 Å². The molecule has 7 nitrogen and oxygen atoms in total. The van der Waals surface area contributed by atoms with Crippen LogP contribution >= 0.6 is 11.3 Å². The number of nitrogens with zero attached hydrogens (tertiary/aromatic N) is 6. The Morgan fingerprint density at radius 1 is 1.33 bits per heavy atom. The maximum absolute atomic E-state index is 8.99. The summed E-state index contributed by atoms with van der Waals surface area (Å²) in [5.41, 5.74) is 4.78. The van der Waals surface area contributed by atoms with Crippen LogP contribution in [0, 0.1) is 25.2 Å². The normalized spacial score (nSPS) is 16.9. The molecule has 0 saturated carbocycles. The quantitative estimate of drug-likeness (QED) is 0.610. The molecule has 0 aromatic carbocycles. The summed E-state index contributed by atoms with van der Waals surface area (Å²) in [5, 5.41) is 17.7. The molecule has 0 radical (unpaired) electrons. The van der Waals surface area contributed by atoms with Crippen molar-refractivity contribution in [3.8, 4) is 6.07 Å². The molecule has 0 amide bonds. The molecule has 1 atom stereocenters. The molecule has 30 heavy (non-hydrogen) atoms. The van der Waals surface area contributed by atoms with Crippen LogP contribution in [0.15, 0.2) is 24.4 Å². The molecule has 8 heteroatoms.